The van der Waals surface area contributed by atoms with Crippen molar-refractivity contribution in [2.75, 3.05) is 0 Å². The summed E-state index contributed by atoms with van der Waals surface area (Å²) >= 11 is 0. The summed E-state index contributed by atoms with van der Waals surface area (Å²) < 4.78 is 13.1. The number of nitrogens with zero attached hydrogens (tertiary/aromatic N) is 1. The lowest BCUT2D eigenvalue weighted by molar-refractivity contribution is 0.473. The summed E-state index contributed by atoms with van der Waals surface area (Å²) in [6, 6.07) is 11.4. The van der Waals surface area contributed by atoms with Crippen molar-refractivity contribution in [2.24, 2.45) is 0 Å². The third kappa shape index (κ3) is 2.11. The van der Waals surface area contributed by atoms with E-state index in [2.05, 4.69) is 0 Å². The molecular weight excluding hydrogens is 217 g/mol. The predicted molar refractivity (Wildman–Crippen MR) is 63.0 cm³/mol. The van der Waals surface area contributed by atoms with Gasteiger partial charge in [0.15, 0.2) is 0 Å². The highest BCUT2D eigenvalue weighted by Crippen LogP contribution is 2.26. The second kappa shape index (κ2) is 4.26. The lowest BCUT2D eigenvalue weighted by atomic mass is 10.0. The second-order valence-electron chi connectivity index (χ2n) is 3.81. The van der Waals surface area contributed by atoms with Gasteiger partial charge in [-0.25, -0.2) is 4.39 Å². The topological polar surface area (TPSA) is 44.0 Å². The van der Waals surface area contributed by atoms with Gasteiger partial charge in [0.05, 0.1) is 5.56 Å². The minimum atomic E-state index is -0.256. The molecule has 0 amide bonds. The van der Waals surface area contributed by atoms with E-state index in [1.807, 2.05) is 6.07 Å². The van der Waals surface area contributed by atoms with Gasteiger partial charge >= 0.3 is 0 Å². The maximum absolute atomic E-state index is 13.1. The molecule has 0 heterocycles. The van der Waals surface area contributed by atoms with E-state index in [1.54, 1.807) is 31.2 Å². The largest absolute Gasteiger partial charge is 0.507 e. The van der Waals surface area contributed by atoms with Crippen molar-refractivity contribution < 1.29 is 9.50 Å². The van der Waals surface area contributed by atoms with E-state index < -0.39 is 0 Å². The van der Waals surface area contributed by atoms with Crippen LogP contribution in [-0.2, 0) is 0 Å². The van der Waals surface area contributed by atoms with E-state index in [1.165, 1.54) is 12.1 Å². The quantitative estimate of drug-likeness (QED) is 0.811. The lowest BCUT2D eigenvalue weighted by Gasteiger charge is -2.05. The average molecular weight is 227 g/mol. The van der Waals surface area contributed by atoms with Crippen LogP contribution in [0.5, 0.6) is 5.75 Å². The molecule has 2 aromatic carbocycles. The predicted octanol–water partition coefficient (Wildman–Crippen LogP) is 3.38. The van der Waals surface area contributed by atoms with Gasteiger partial charge in [-0.1, -0.05) is 12.1 Å². The first kappa shape index (κ1) is 11.2. The molecule has 0 spiro atoms. The van der Waals surface area contributed by atoms with Crippen LogP contribution in [0.25, 0.3) is 11.1 Å². The van der Waals surface area contributed by atoms with Crippen molar-refractivity contribution in [3.8, 4) is 22.9 Å². The number of phenols is 1. The van der Waals surface area contributed by atoms with Crippen molar-refractivity contribution in [1.82, 2.24) is 0 Å². The number of aryl methyl sites for hydroxylation is 1. The van der Waals surface area contributed by atoms with Crippen LogP contribution in [0.4, 0.5) is 4.39 Å². The SMILES string of the molecule is Cc1cc(-c2ccc(O)c(C#N)c2)ccc1F. The van der Waals surface area contributed by atoms with Gasteiger partial charge < -0.3 is 5.11 Å². The van der Waals surface area contributed by atoms with E-state index in [9.17, 15) is 9.50 Å². The Kier molecular flexibility index (Phi) is 2.80. The minimum Gasteiger partial charge on any atom is -0.507 e. The Bertz CT molecular complexity index is 614. The van der Waals surface area contributed by atoms with E-state index >= 15 is 0 Å². The Morgan fingerprint density at radius 1 is 1.12 bits per heavy atom. The van der Waals surface area contributed by atoms with Crippen LogP contribution in [0.1, 0.15) is 11.1 Å². The molecule has 0 bridgehead atoms. The summed E-state index contributed by atoms with van der Waals surface area (Å²) in [5, 5.41) is 18.2. The molecular formula is C14H10FNO. The number of hydrogen-bond donors (Lipinski definition) is 1. The number of rotatable bonds is 1. The maximum atomic E-state index is 13.1. The Labute approximate surface area is 98.6 Å². The summed E-state index contributed by atoms with van der Waals surface area (Å²) in [6.45, 7) is 1.68. The van der Waals surface area contributed by atoms with Crippen LogP contribution in [0, 0.1) is 24.1 Å². The molecule has 0 fully saturated rings. The fourth-order valence-electron chi connectivity index (χ4n) is 1.63. The molecule has 2 aromatic rings. The number of nitriles is 1. The third-order valence-electron chi connectivity index (χ3n) is 2.61. The monoisotopic (exact) mass is 227 g/mol. The molecule has 0 aromatic heterocycles. The van der Waals surface area contributed by atoms with Crippen LogP contribution >= 0.6 is 0 Å². The first-order valence-electron chi connectivity index (χ1n) is 5.11. The van der Waals surface area contributed by atoms with Gasteiger partial charge in [0, 0.05) is 0 Å². The lowest BCUT2D eigenvalue weighted by Crippen LogP contribution is -1.85. The number of aromatic hydroxyl groups is 1. The van der Waals surface area contributed by atoms with Crippen LogP contribution < -0.4 is 0 Å². The summed E-state index contributed by atoms with van der Waals surface area (Å²) in [5.41, 5.74) is 2.36. The highest BCUT2D eigenvalue weighted by atomic mass is 19.1. The van der Waals surface area contributed by atoms with Crippen molar-refractivity contribution in [3.05, 3.63) is 53.3 Å². The molecule has 1 N–H and O–H groups in total. The zero-order chi connectivity index (χ0) is 12.4. The molecule has 0 radical (unpaired) electrons. The summed E-state index contributed by atoms with van der Waals surface area (Å²) in [7, 11) is 0. The molecule has 0 unspecified atom stereocenters. The van der Waals surface area contributed by atoms with Gasteiger partial charge in [-0.2, -0.15) is 5.26 Å². The maximum Gasteiger partial charge on any atom is 0.133 e. The zero-order valence-corrected chi connectivity index (χ0v) is 9.24. The standard InChI is InChI=1S/C14H10FNO/c1-9-6-10(2-4-13(9)15)11-3-5-14(17)12(7-11)8-16/h2-7,17H,1H3. The molecule has 84 valence electrons. The number of benzene rings is 2. The molecule has 0 saturated heterocycles. The molecule has 2 rings (SSSR count). The van der Waals surface area contributed by atoms with Crippen LogP contribution in [0.2, 0.25) is 0 Å². The van der Waals surface area contributed by atoms with Crippen molar-refractivity contribution in [2.45, 2.75) is 6.92 Å². The smallest absolute Gasteiger partial charge is 0.133 e. The van der Waals surface area contributed by atoms with Gasteiger partial charge in [-0.05, 0) is 47.9 Å². The third-order valence-corrected chi connectivity index (χ3v) is 2.61. The second-order valence-corrected chi connectivity index (χ2v) is 3.81. The van der Waals surface area contributed by atoms with Crippen molar-refractivity contribution in [3.63, 3.8) is 0 Å². The number of halogens is 1. The van der Waals surface area contributed by atoms with Crippen LogP contribution in [0.3, 0.4) is 0 Å². The molecule has 0 saturated carbocycles. The van der Waals surface area contributed by atoms with Crippen LogP contribution in [0.15, 0.2) is 36.4 Å². The van der Waals surface area contributed by atoms with Crippen molar-refractivity contribution >= 4 is 0 Å². The van der Waals surface area contributed by atoms with Crippen molar-refractivity contribution in [1.29, 1.82) is 5.26 Å². The average Bonchev–Trinajstić information content (AvgIpc) is 2.33. The summed E-state index contributed by atoms with van der Waals surface area (Å²) in [4.78, 5) is 0. The summed E-state index contributed by atoms with van der Waals surface area (Å²) in [5.74, 6) is -0.303. The first-order valence-corrected chi connectivity index (χ1v) is 5.11. The van der Waals surface area contributed by atoms with Gasteiger partial charge in [-0.15, -0.1) is 0 Å². The van der Waals surface area contributed by atoms with Gasteiger partial charge in [0.25, 0.3) is 0 Å². The molecule has 0 aliphatic rings. The molecule has 0 aliphatic heterocycles. The van der Waals surface area contributed by atoms with Crippen LogP contribution in [-0.4, -0.2) is 5.11 Å². The van der Waals surface area contributed by atoms with E-state index in [0.29, 0.717) is 5.56 Å². The van der Waals surface area contributed by atoms with E-state index in [-0.39, 0.29) is 17.1 Å². The molecule has 3 heteroatoms. The minimum absolute atomic E-state index is 0.0462. The van der Waals surface area contributed by atoms with E-state index in [4.69, 9.17) is 5.26 Å². The first-order chi connectivity index (χ1) is 8.11. The fourth-order valence-corrected chi connectivity index (χ4v) is 1.63. The molecule has 17 heavy (non-hydrogen) atoms. The highest BCUT2D eigenvalue weighted by Gasteiger charge is 2.05. The molecule has 0 aliphatic carbocycles. The Balaban J connectivity index is 2.54. The van der Waals surface area contributed by atoms with Gasteiger partial charge in [0.1, 0.15) is 17.6 Å². The number of hydrogen-bond acceptors (Lipinski definition) is 2. The normalized spacial score (nSPS) is 9.94. The fraction of sp³-hybridized carbons (Fsp3) is 0.0714. The Morgan fingerprint density at radius 2 is 1.76 bits per heavy atom. The molecule has 2 nitrogen and oxygen atoms in total. The number of phenolic OH excluding ortho intramolecular Hbond substituents is 1. The van der Waals surface area contributed by atoms with Gasteiger partial charge in [-0.3, -0.25) is 0 Å². The Hall–Kier alpha value is -2.34. The molecule has 0 atom stereocenters. The zero-order valence-electron chi connectivity index (χ0n) is 9.24. The van der Waals surface area contributed by atoms with Gasteiger partial charge in [0.2, 0.25) is 0 Å². The summed E-state index contributed by atoms with van der Waals surface area (Å²) in [6.07, 6.45) is 0. The van der Waals surface area contributed by atoms with E-state index in [0.717, 1.165) is 11.1 Å². The Morgan fingerprint density at radius 3 is 2.41 bits per heavy atom. The highest BCUT2D eigenvalue weighted by molar-refractivity contribution is 5.67.